The van der Waals surface area contributed by atoms with Gasteiger partial charge in [-0.25, -0.2) is 0 Å². The molecule has 0 aliphatic heterocycles. The van der Waals surface area contributed by atoms with Crippen LogP contribution in [0.2, 0.25) is 0 Å². The van der Waals surface area contributed by atoms with Crippen LogP contribution in [0.4, 0.5) is 0 Å². The zero-order chi connectivity index (χ0) is 14.7. The summed E-state index contributed by atoms with van der Waals surface area (Å²) in [5, 5.41) is 3.79. The first-order chi connectivity index (χ1) is 9.72. The van der Waals surface area contributed by atoms with Crippen LogP contribution < -0.4 is 5.32 Å². The van der Waals surface area contributed by atoms with Gasteiger partial charge in [-0.3, -0.25) is 0 Å². The third kappa shape index (κ3) is 7.31. The molecule has 0 saturated heterocycles. The van der Waals surface area contributed by atoms with E-state index in [2.05, 4.69) is 19.2 Å². The van der Waals surface area contributed by atoms with Crippen molar-refractivity contribution in [2.24, 2.45) is 5.92 Å². The molecule has 2 atom stereocenters. The number of alkyl halides is 1. The summed E-state index contributed by atoms with van der Waals surface area (Å²) in [6.45, 7) is 5.82. The molecule has 1 nitrogen and oxygen atoms in total. The molecule has 0 amide bonds. The van der Waals surface area contributed by atoms with Crippen molar-refractivity contribution in [2.45, 2.75) is 96.4 Å². The summed E-state index contributed by atoms with van der Waals surface area (Å²) < 4.78 is 0. The first kappa shape index (κ1) is 18.3. The average molecular weight is 302 g/mol. The first-order valence-electron chi connectivity index (χ1n) is 9.03. The smallest absolute Gasteiger partial charge is 0.0406 e. The van der Waals surface area contributed by atoms with Gasteiger partial charge in [0, 0.05) is 11.4 Å². The summed E-state index contributed by atoms with van der Waals surface area (Å²) in [4.78, 5) is 0. The Labute approximate surface area is 132 Å². The number of rotatable bonds is 11. The van der Waals surface area contributed by atoms with Crippen molar-refractivity contribution in [3.63, 3.8) is 0 Å². The number of hydrogen-bond acceptors (Lipinski definition) is 1. The van der Waals surface area contributed by atoms with Crippen LogP contribution in [0, 0.1) is 5.92 Å². The van der Waals surface area contributed by atoms with Crippen LogP contribution in [0.25, 0.3) is 0 Å². The minimum atomic E-state index is 0.250. The quantitative estimate of drug-likeness (QED) is 0.370. The maximum absolute atomic E-state index is 6.25. The third-order valence-corrected chi connectivity index (χ3v) is 5.39. The summed E-state index contributed by atoms with van der Waals surface area (Å²) in [7, 11) is 0. The van der Waals surface area contributed by atoms with Crippen LogP contribution in [0.15, 0.2) is 0 Å². The van der Waals surface area contributed by atoms with E-state index in [1.165, 1.54) is 77.0 Å². The molecule has 1 N–H and O–H groups in total. The van der Waals surface area contributed by atoms with Crippen molar-refractivity contribution in [1.29, 1.82) is 0 Å². The molecule has 120 valence electrons. The number of hydrogen-bond donors (Lipinski definition) is 1. The molecule has 0 heterocycles. The van der Waals surface area contributed by atoms with Crippen LogP contribution in [0.5, 0.6) is 0 Å². The lowest BCUT2D eigenvalue weighted by molar-refractivity contribution is 0.208. The predicted molar refractivity (Wildman–Crippen MR) is 91.7 cm³/mol. The van der Waals surface area contributed by atoms with Crippen molar-refractivity contribution < 1.29 is 0 Å². The highest BCUT2D eigenvalue weighted by Gasteiger charge is 2.33. The molecular formula is C18H36ClN. The molecule has 0 aromatic heterocycles. The second-order valence-corrected chi connectivity index (χ2v) is 7.28. The van der Waals surface area contributed by atoms with Gasteiger partial charge >= 0.3 is 0 Å². The standard InChI is InChI=1S/C18H36ClN/c1-3-4-5-6-7-8-9-10-14-20-18(16-19)13-11-12-17(2)15-18/h17,20H,3-16H2,1-2H3. The molecule has 1 saturated carbocycles. The Kier molecular flexibility index (Phi) is 9.98. The monoisotopic (exact) mass is 301 g/mol. The summed E-state index contributed by atoms with van der Waals surface area (Å²) in [5.74, 6) is 1.63. The Balaban J connectivity index is 2.01. The Hall–Kier alpha value is 0.250. The molecule has 0 radical (unpaired) electrons. The van der Waals surface area contributed by atoms with Gasteiger partial charge in [0.2, 0.25) is 0 Å². The zero-order valence-electron chi connectivity index (χ0n) is 13.9. The van der Waals surface area contributed by atoms with Gasteiger partial charge in [0.05, 0.1) is 0 Å². The van der Waals surface area contributed by atoms with Gasteiger partial charge in [-0.1, -0.05) is 71.6 Å². The molecule has 2 unspecified atom stereocenters. The highest BCUT2D eigenvalue weighted by atomic mass is 35.5. The van der Waals surface area contributed by atoms with Gasteiger partial charge in [-0.15, -0.1) is 11.6 Å². The lowest BCUT2D eigenvalue weighted by Crippen LogP contribution is -2.50. The molecular weight excluding hydrogens is 266 g/mol. The van der Waals surface area contributed by atoms with E-state index in [0.29, 0.717) is 0 Å². The van der Waals surface area contributed by atoms with Crippen LogP contribution in [0.3, 0.4) is 0 Å². The topological polar surface area (TPSA) is 12.0 Å². The lowest BCUT2D eigenvalue weighted by Gasteiger charge is -2.39. The second-order valence-electron chi connectivity index (χ2n) is 7.02. The van der Waals surface area contributed by atoms with E-state index in [4.69, 9.17) is 11.6 Å². The molecule has 0 bridgehead atoms. The zero-order valence-corrected chi connectivity index (χ0v) is 14.6. The summed E-state index contributed by atoms with van der Waals surface area (Å²) in [6.07, 6.45) is 16.5. The van der Waals surface area contributed by atoms with Crippen molar-refractivity contribution in [1.82, 2.24) is 5.32 Å². The van der Waals surface area contributed by atoms with E-state index in [-0.39, 0.29) is 5.54 Å². The van der Waals surface area contributed by atoms with Gasteiger partial charge in [0.15, 0.2) is 0 Å². The fourth-order valence-corrected chi connectivity index (χ4v) is 3.94. The Morgan fingerprint density at radius 1 is 1.05 bits per heavy atom. The first-order valence-corrected chi connectivity index (χ1v) is 9.57. The predicted octanol–water partition coefficient (Wildman–Crippen LogP) is 5.90. The highest BCUT2D eigenvalue weighted by molar-refractivity contribution is 6.18. The van der Waals surface area contributed by atoms with Crippen molar-refractivity contribution in [3.8, 4) is 0 Å². The molecule has 1 rings (SSSR count). The van der Waals surface area contributed by atoms with Gasteiger partial charge in [-0.05, 0) is 31.7 Å². The number of nitrogens with one attached hydrogen (secondary N) is 1. The summed E-state index contributed by atoms with van der Waals surface area (Å²) in [5.41, 5.74) is 0.250. The molecule has 1 aliphatic carbocycles. The minimum absolute atomic E-state index is 0.250. The molecule has 20 heavy (non-hydrogen) atoms. The van der Waals surface area contributed by atoms with Crippen molar-refractivity contribution in [3.05, 3.63) is 0 Å². The van der Waals surface area contributed by atoms with E-state index >= 15 is 0 Å². The van der Waals surface area contributed by atoms with Gasteiger partial charge in [0.1, 0.15) is 0 Å². The fraction of sp³-hybridized carbons (Fsp3) is 1.00. The summed E-state index contributed by atoms with van der Waals surface area (Å²) in [6, 6.07) is 0. The number of halogens is 1. The van der Waals surface area contributed by atoms with Gasteiger partial charge in [-0.2, -0.15) is 0 Å². The second kappa shape index (κ2) is 10.9. The lowest BCUT2D eigenvalue weighted by atomic mass is 9.77. The Morgan fingerprint density at radius 3 is 2.30 bits per heavy atom. The Morgan fingerprint density at radius 2 is 1.70 bits per heavy atom. The SMILES string of the molecule is CCCCCCCCCCNC1(CCl)CCCC(C)C1. The minimum Gasteiger partial charge on any atom is -0.310 e. The number of unbranched alkanes of at least 4 members (excludes halogenated alkanes) is 7. The largest absolute Gasteiger partial charge is 0.310 e. The Bertz CT molecular complexity index is 231. The summed E-state index contributed by atoms with van der Waals surface area (Å²) >= 11 is 6.25. The van der Waals surface area contributed by atoms with Crippen molar-refractivity contribution >= 4 is 11.6 Å². The highest BCUT2D eigenvalue weighted by Crippen LogP contribution is 2.33. The molecule has 1 aliphatic rings. The third-order valence-electron chi connectivity index (χ3n) is 4.88. The molecule has 0 aromatic rings. The van der Waals surface area contributed by atoms with Crippen LogP contribution in [-0.4, -0.2) is 18.0 Å². The molecule has 2 heteroatoms. The maximum atomic E-state index is 6.25. The normalized spacial score (nSPS) is 26.9. The van der Waals surface area contributed by atoms with Crippen molar-refractivity contribution in [2.75, 3.05) is 12.4 Å². The van der Waals surface area contributed by atoms with Crippen LogP contribution >= 0.6 is 11.6 Å². The van der Waals surface area contributed by atoms with E-state index in [1.807, 2.05) is 0 Å². The van der Waals surface area contributed by atoms with Gasteiger partial charge in [0.25, 0.3) is 0 Å². The molecule has 1 fully saturated rings. The van der Waals surface area contributed by atoms with E-state index < -0.39 is 0 Å². The fourth-order valence-electron chi connectivity index (χ4n) is 3.60. The van der Waals surface area contributed by atoms with Crippen LogP contribution in [-0.2, 0) is 0 Å². The van der Waals surface area contributed by atoms with E-state index in [0.717, 1.165) is 18.3 Å². The van der Waals surface area contributed by atoms with E-state index in [1.54, 1.807) is 0 Å². The molecule has 0 aromatic carbocycles. The van der Waals surface area contributed by atoms with Gasteiger partial charge < -0.3 is 5.32 Å². The maximum Gasteiger partial charge on any atom is 0.0406 e. The van der Waals surface area contributed by atoms with Crippen LogP contribution in [0.1, 0.15) is 90.9 Å². The average Bonchev–Trinajstić information content (AvgIpc) is 2.45. The molecule has 0 spiro atoms. The van der Waals surface area contributed by atoms with E-state index in [9.17, 15) is 0 Å².